The molecule has 2 aromatic carbocycles. The lowest BCUT2D eigenvalue weighted by Gasteiger charge is -2.11. The maximum Gasteiger partial charge on any atom is 0.252 e. The Bertz CT molecular complexity index is 971. The van der Waals surface area contributed by atoms with E-state index in [1.165, 1.54) is 18.5 Å². The maximum atomic E-state index is 12.8. The first-order chi connectivity index (χ1) is 12.6. The Morgan fingerprint density at radius 1 is 1.04 bits per heavy atom. The zero-order valence-electron chi connectivity index (χ0n) is 13.9. The Morgan fingerprint density at radius 2 is 1.77 bits per heavy atom. The van der Waals surface area contributed by atoms with Crippen molar-refractivity contribution < 1.29 is 13.2 Å². The second kappa shape index (κ2) is 7.92. The number of hydrogen-bond donors (Lipinski definition) is 1. The van der Waals surface area contributed by atoms with Gasteiger partial charge >= 0.3 is 0 Å². The van der Waals surface area contributed by atoms with Crippen LogP contribution in [0.1, 0.15) is 15.9 Å². The van der Waals surface area contributed by atoms with Crippen molar-refractivity contribution >= 4 is 15.7 Å². The summed E-state index contributed by atoms with van der Waals surface area (Å²) in [6, 6.07) is 15.1. The number of carbonyl (C=O) groups excluding carboxylic acids is 1. The van der Waals surface area contributed by atoms with Crippen LogP contribution in [-0.2, 0) is 22.1 Å². The van der Waals surface area contributed by atoms with Gasteiger partial charge in [0, 0.05) is 6.54 Å². The molecule has 0 saturated heterocycles. The topological polar surface area (TPSA) is 93.9 Å². The summed E-state index contributed by atoms with van der Waals surface area (Å²) in [4.78, 5) is 16.3. The fourth-order valence-electron chi connectivity index (χ4n) is 2.52. The van der Waals surface area contributed by atoms with Crippen molar-refractivity contribution in [1.29, 1.82) is 0 Å². The molecule has 0 unspecified atom stereocenters. The van der Waals surface area contributed by atoms with Crippen molar-refractivity contribution in [2.45, 2.75) is 17.2 Å². The molecule has 0 bridgehead atoms. The molecule has 0 fully saturated rings. The molecule has 1 aromatic heterocycles. The molecule has 8 heteroatoms. The van der Waals surface area contributed by atoms with E-state index in [0.717, 1.165) is 0 Å². The van der Waals surface area contributed by atoms with E-state index in [1.807, 2.05) is 6.07 Å². The first-order valence-corrected chi connectivity index (χ1v) is 9.68. The minimum Gasteiger partial charge on any atom is -0.350 e. The minimum atomic E-state index is -3.65. The van der Waals surface area contributed by atoms with E-state index < -0.39 is 15.7 Å². The Labute approximate surface area is 151 Å². The van der Waals surface area contributed by atoms with Gasteiger partial charge < -0.3 is 5.32 Å². The summed E-state index contributed by atoms with van der Waals surface area (Å²) in [5.41, 5.74) is 0.816. The molecule has 1 N–H and O–H groups in total. The summed E-state index contributed by atoms with van der Waals surface area (Å²) in [5.74, 6) is -0.589. The highest BCUT2D eigenvalue weighted by molar-refractivity contribution is 7.90. The van der Waals surface area contributed by atoms with Gasteiger partial charge in [0.05, 0.1) is 22.8 Å². The monoisotopic (exact) mass is 370 g/mol. The fraction of sp³-hybridized carbons (Fsp3) is 0.167. The van der Waals surface area contributed by atoms with E-state index in [9.17, 15) is 13.2 Å². The lowest BCUT2D eigenvalue weighted by molar-refractivity contribution is 0.0948. The van der Waals surface area contributed by atoms with Gasteiger partial charge in [-0.25, -0.2) is 13.4 Å². The zero-order chi connectivity index (χ0) is 18.4. The van der Waals surface area contributed by atoms with Gasteiger partial charge in [0.2, 0.25) is 0 Å². The van der Waals surface area contributed by atoms with Gasteiger partial charge in [0.1, 0.15) is 12.7 Å². The summed E-state index contributed by atoms with van der Waals surface area (Å²) < 4.78 is 27.2. The predicted molar refractivity (Wildman–Crippen MR) is 96.1 cm³/mol. The number of nitrogens with one attached hydrogen (secondary N) is 1. The Kier molecular flexibility index (Phi) is 5.43. The van der Waals surface area contributed by atoms with Gasteiger partial charge in [-0.1, -0.05) is 42.5 Å². The molecular weight excluding hydrogens is 352 g/mol. The van der Waals surface area contributed by atoms with Gasteiger partial charge in [-0.15, -0.1) is 0 Å². The smallest absolute Gasteiger partial charge is 0.252 e. The van der Waals surface area contributed by atoms with E-state index in [0.29, 0.717) is 18.7 Å². The van der Waals surface area contributed by atoms with Crippen LogP contribution in [0.15, 0.2) is 72.1 Å². The standard InChI is InChI=1S/C18H18N4O3S/c23-18(20-10-11-22-14-19-13-21-22)16-8-4-5-9-17(16)26(24,25)12-15-6-2-1-3-7-15/h1-9,13-14H,10-12H2,(H,20,23). The molecule has 3 aromatic rings. The summed E-state index contributed by atoms with van der Waals surface area (Å²) in [7, 11) is -3.65. The van der Waals surface area contributed by atoms with Gasteiger partial charge in [0.25, 0.3) is 5.91 Å². The van der Waals surface area contributed by atoms with E-state index in [2.05, 4.69) is 15.4 Å². The molecule has 3 rings (SSSR count). The third kappa shape index (κ3) is 4.34. The van der Waals surface area contributed by atoms with Crippen LogP contribution >= 0.6 is 0 Å². The fourth-order valence-corrected chi connectivity index (χ4v) is 4.09. The Balaban J connectivity index is 1.75. The average molecular weight is 370 g/mol. The first kappa shape index (κ1) is 17.8. The van der Waals surface area contributed by atoms with Crippen molar-refractivity contribution in [2.24, 2.45) is 0 Å². The number of carbonyl (C=O) groups is 1. The zero-order valence-corrected chi connectivity index (χ0v) is 14.8. The summed E-state index contributed by atoms with van der Waals surface area (Å²) in [6.45, 7) is 0.764. The molecule has 1 heterocycles. The number of hydrogen-bond acceptors (Lipinski definition) is 5. The van der Waals surface area contributed by atoms with Crippen LogP contribution in [0.25, 0.3) is 0 Å². The third-order valence-corrected chi connectivity index (χ3v) is 5.50. The molecular formula is C18H18N4O3S. The van der Waals surface area contributed by atoms with E-state index in [-0.39, 0.29) is 16.2 Å². The first-order valence-electron chi connectivity index (χ1n) is 8.02. The number of rotatable bonds is 7. The summed E-state index contributed by atoms with van der Waals surface area (Å²) in [6.07, 6.45) is 2.96. The molecule has 0 radical (unpaired) electrons. The van der Waals surface area contributed by atoms with Crippen LogP contribution in [0.2, 0.25) is 0 Å². The number of amides is 1. The Morgan fingerprint density at radius 3 is 2.50 bits per heavy atom. The van der Waals surface area contributed by atoms with Crippen LogP contribution < -0.4 is 5.32 Å². The number of benzene rings is 2. The van der Waals surface area contributed by atoms with Crippen molar-refractivity contribution in [3.05, 3.63) is 78.4 Å². The lowest BCUT2D eigenvalue weighted by atomic mass is 10.2. The van der Waals surface area contributed by atoms with Gasteiger partial charge in [0.15, 0.2) is 9.84 Å². The molecule has 0 aliphatic carbocycles. The number of nitrogens with zero attached hydrogens (tertiary/aromatic N) is 3. The van der Waals surface area contributed by atoms with Gasteiger partial charge in [-0.3, -0.25) is 9.48 Å². The molecule has 0 spiro atoms. The molecule has 7 nitrogen and oxygen atoms in total. The molecule has 134 valence electrons. The van der Waals surface area contributed by atoms with Gasteiger partial charge in [-0.2, -0.15) is 5.10 Å². The molecule has 26 heavy (non-hydrogen) atoms. The summed E-state index contributed by atoms with van der Waals surface area (Å²) >= 11 is 0. The SMILES string of the molecule is O=C(NCCn1cncn1)c1ccccc1S(=O)(=O)Cc1ccccc1. The van der Waals surface area contributed by atoms with Crippen LogP contribution in [0.3, 0.4) is 0 Å². The normalized spacial score (nSPS) is 11.2. The second-order valence-corrected chi connectivity index (χ2v) is 7.61. The third-order valence-electron chi connectivity index (χ3n) is 3.76. The molecule has 0 aliphatic heterocycles. The van der Waals surface area contributed by atoms with E-state index in [4.69, 9.17) is 0 Å². The molecule has 1 amide bonds. The van der Waals surface area contributed by atoms with Crippen LogP contribution in [-0.4, -0.2) is 35.6 Å². The summed E-state index contributed by atoms with van der Waals surface area (Å²) in [5, 5.41) is 6.67. The quantitative estimate of drug-likeness (QED) is 0.683. The second-order valence-electron chi connectivity index (χ2n) is 5.66. The molecule has 0 atom stereocenters. The van der Waals surface area contributed by atoms with E-state index >= 15 is 0 Å². The molecule has 0 aliphatic rings. The van der Waals surface area contributed by atoms with Crippen LogP contribution in [0.5, 0.6) is 0 Å². The Hall–Kier alpha value is -3.00. The average Bonchev–Trinajstić information content (AvgIpc) is 3.15. The number of aromatic nitrogens is 3. The van der Waals surface area contributed by atoms with Crippen molar-refractivity contribution in [2.75, 3.05) is 6.54 Å². The highest BCUT2D eigenvalue weighted by atomic mass is 32.2. The van der Waals surface area contributed by atoms with Crippen molar-refractivity contribution in [3.63, 3.8) is 0 Å². The van der Waals surface area contributed by atoms with E-state index in [1.54, 1.807) is 47.4 Å². The minimum absolute atomic E-state index is 0.0297. The largest absolute Gasteiger partial charge is 0.350 e. The predicted octanol–water partition coefficient (Wildman–Crippen LogP) is 1.68. The molecule has 0 saturated carbocycles. The maximum absolute atomic E-state index is 12.8. The van der Waals surface area contributed by atoms with Crippen molar-refractivity contribution in [1.82, 2.24) is 20.1 Å². The highest BCUT2D eigenvalue weighted by Crippen LogP contribution is 2.20. The van der Waals surface area contributed by atoms with Crippen molar-refractivity contribution in [3.8, 4) is 0 Å². The lowest BCUT2D eigenvalue weighted by Crippen LogP contribution is -2.28. The van der Waals surface area contributed by atoms with Crippen LogP contribution in [0, 0.1) is 0 Å². The van der Waals surface area contributed by atoms with Crippen LogP contribution in [0.4, 0.5) is 0 Å². The van der Waals surface area contributed by atoms with Gasteiger partial charge in [-0.05, 0) is 17.7 Å². The number of sulfone groups is 1. The highest BCUT2D eigenvalue weighted by Gasteiger charge is 2.22.